The van der Waals surface area contributed by atoms with Crippen LogP contribution in [0.4, 0.5) is 0 Å². The number of carbonyl (C=O) groups excluding carboxylic acids is 1. The first-order valence-corrected chi connectivity index (χ1v) is 5.75. The minimum absolute atomic E-state index is 0.0919. The Bertz CT molecular complexity index is 387. The predicted octanol–water partition coefficient (Wildman–Crippen LogP) is 0.436. The number of hydrogen-bond donors (Lipinski definition) is 1. The van der Waals surface area contributed by atoms with Crippen molar-refractivity contribution in [2.45, 2.75) is 13.0 Å². The number of aliphatic hydroxyl groups excluding tert-OH is 1. The second kappa shape index (κ2) is 5.75. The Morgan fingerprint density at radius 1 is 1.41 bits per heavy atom. The largest absolute Gasteiger partial charge is 0.390 e. The molecule has 1 aromatic rings. The van der Waals surface area contributed by atoms with Gasteiger partial charge in [-0.15, -0.1) is 0 Å². The van der Waals surface area contributed by atoms with Gasteiger partial charge in [0.05, 0.1) is 18.9 Å². The van der Waals surface area contributed by atoms with Gasteiger partial charge in [-0.3, -0.25) is 4.79 Å². The van der Waals surface area contributed by atoms with Gasteiger partial charge in [0, 0.05) is 19.7 Å². The molecule has 0 unspecified atom stereocenters. The molecule has 1 fully saturated rings. The molecule has 1 saturated heterocycles. The van der Waals surface area contributed by atoms with Gasteiger partial charge in [-0.1, -0.05) is 6.07 Å². The molecule has 0 aromatic carbocycles. The summed E-state index contributed by atoms with van der Waals surface area (Å²) in [5.41, 5.74) is 0.903. The van der Waals surface area contributed by atoms with E-state index in [9.17, 15) is 4.79 Å². The first kappa shape index (κ1) is 12.0. The maximum Gasteiger partial charge on any atom is 0.272 e. The topological polar surface area (TPSA) is 62.7 Å². The van der Waals surface area contributed by atoms with Crippen molar-refractivity contribution in [1.29, 1.82) is 0 Å². The van der Waals surface area contributed by atoms with E-state index in [0.717, 1.165) is 6.42 Å². The van der Waals surface area contributed by atoms with Gasteiger partial charge in [-0.2, -0.15) is 0 Å². The van der Waals surface area contributed by atoms with Crippen molar-refractivity contribution in [3.63, 3.8) is 0 Å². The maximum atomic E-state index is 12.1. The fraction of sp³-hybridized carbons (Fsp3) is 0.500. The van der Waals surface area contributed by atoms with Gasteiger partial charge in [-0.05, 0) is 18.6 Å². The van der Waals surface area contributed by atoms with Gasteiger partial charge in [-0.25, -0.2) is 4.98 Å². The molecule has 0 spiro atoms. The standard InChI is InChI=1S/C12H16N2O3/c15-9-10-3-1-4-11(13-10)12(16)14-5-2-7-17-8-6-14/h1,3-4,15H,2,5-9H2. The number of carbonyl (C=O) groups is 1. The summed E-state index contributed by atoms with van der Waals surface area (Å²) in [6.07, 6.45) is 0.853. The Hall–Kier alpha value is -1.46. The molecule has 5 nitrogen and oxygen atoms in total. The summed E-state index contributed by atoms with van der Waals surface area (Å²) in [4.78, 5) is 18.0. The highest BCUT2D eigenvalue weighted by Crippen LogP contribution is 2.07. The Kier molecular flexibility index (Phi) is 4.06. The van der Waals surface area contributed by atoms with Crippen LogP contribution in [0.25, 0.3) is 0 Å². The lowest BCUT2D eigenvalue weighted by atomic mass is 10.2. The van der Waals surface area contributed by atoms with Crippen LogP contribution in [0.2, 0.25) is 0 Å². The zero-order valence-corrected chi connectivity index (χ0v) is 9.63. The Labute approximate surface area is 100 Å². The fourth-order valence-electron chi connectivity index (χ4n) is 1.80. The van der Waals surface area contributed by atoms with E-state index in [-0.39, 0.29) is 12.5 Å². The van der Waals surface area contributed by atoms with Crippen LogP contribution >= 0.6 is 0 Å². The Morgan fingerprint density at radius 3 is 3.12 bits per heavy atom. The van der Waals surface area contributed by atoms with Crippen LogP contribution in [0.5, 0.6) is 0 Å². The van der Waals surface area contributed by atoms with Crippen LogP contribution in [-0.2, 0) is 11.3 Å². The smallest absolute Gasteiger partial charge is 0.272 e. The van der Waals surface area contributed by atoms with Crippen molar-refractivity contribution >= 4 is 5.91 Å². The minimum atomic E-state index is -0.149. The molecule has 1 aromatic heterocycles. The molecule has 17 heavy (non-hydrogen) atoms. The number of aromatic nitrogens is 1. The summed E-state index contributed by atoms with van der Waals surface area (Å²) in [6.45, 7) is 2.43. The average Bonchev–Trinajstić information content (AvgIpc) is 2.67. The average molecular weight is 236 g/mol. The van der Waals surface area contributed by atoms with Gasteiger partial charge >= 0.3 is 0 Å². The number of amides is 1. The van der Waals surface area contributed by atoms with E-state index in [1.165, 1.54) is 0 Å². The third-order valence-electron chi connectivity index (χ3n) is 2.70. The van der Waals surface area contributed by atoms with Gasteiger partial charge in [0.15, 0.2) is 0 Å². The van der Waals surface area contributed by atoms with Crippen LogP contribution in [0, 0.1) is 0 Å². The molecule has 0 atom stereocenters. The summed E-state index contributed by atoms with van der Waals surface area (Å²) in [7, 11) is 0. The molecule has 0 radical (unpaired) electrons. The van der Waals surface area contributed by atoms with E-state index in [1.54, 1.807) is 23.1 Å². The second-order valence-corrected chi connectivity index (χ2v) is 3.93. The van der Waals surface area contributed by atoms with Crippen LogP contribution in [-0.4, -0.2) is 47.2 Å². The molecule has 2 heterocycles. The molecule has 2 rings (SSSR count). The van der Waals surface area contributed by atoms with E-state index in [2.05, 4.69) is 4.98 Å². The summed E-state index contributed by atoms with van der Waals surface area (Å²) in [6, 6.07) is 5.11. The number of aliphatic hydroxyl groups is 1. The molecular weight excluding hydrogens is 220 g/mol. The molecule has 1 amide bonds. The summed E-state index contributed by atoms with van der Waals surface area (Å²) in [5, 5.41) is 8.99. The van der Waals surface area contributed by atoms with Crippen molar-refractivity contribution in [3.8, 4) is 0 Å². The lowest BCUT2D eigenvalue weighted by Gasteiger charge is -2.19. The first-order chi connectivity index (χ1) is 8.31. The van der Waals surface area contributed by atoms with Crippen molar-refractivity contribution in [1.82, 2.24) is 9.88 Å². The molecule has 0 aliphatic carbocycles. The predicted molar refractivity (Wildman–Crippen MR) is 61.5 cm³/mol. The van der Waals surface area contributed by atoms with E-state index < -0.39 is 0 Å². The normalized spacial score (nSPS) is 16.6. The van der Waals surface area contributed by atoms with Gasteiger partial charge in [0.2, 0.25) is 0 Å². The Balaban J connectivity index is 2.11. The first-order valence-electron chi connectivity index (χ1n) is 5.75. The summed E-state index contributed by atoms with van der Waals surface area (Å²) >= 11 is 0. The molecule has 5 heteroatoms. The zero-order chi connectivity index (χ0) is 12.1. The van der Waals surface area contributed by atoms with Crippen LogP contribution in [0.3, 0.4) is 0 Å². The molecular formula is C12H16N2O3. The second-order valence-electron chi connectivity index (χ2n) is 3.93. The fourth-order valence-corrected chi connectivity index (χ4v) is 1.80. The quantitative estimate of drug-likeness (QED) is 0.809. The highest BCUT2D eigenvalue weighted by molar-refractivity contribution is 5.92. The number of rotatable bonds is 2. The number of pyridine rings is 1. The van der Waals surface area contributed by atoms with E-state index in [1.807, 2.05) is 0 Å². The van der Waals surface area contributed by atoms with Crippen LogP contribution < -0.4 is 0 Å². The zero-order valence-electron chi connectivity index (χ0n) is 9.63. The minimum Gasteiger partial charge on any atom is -0.390 e. The lowest BCUT2D eigenvalue weighted by Crippen LogP contribution is -2.33. The number of ether oxygens (including phenoxy) is 1. The SMILES string of the molecule is O=C(c1cccc(CO)n1)N1CCCOCC1. The number of hydrogen-bond acceptors (Lipinski definition) is 4. The molecule has 0 bridgehead atoms. The molecule has 92 valence electrons. The van der Waals surface area contributed by atoms with E-state index in [0.29, 0.717) is 37.7 Å². The molecule has 1 aliphatic rings. The van der Waals surface area contributed by atoms with Gasteiger partial charge in [0.25, 0.3) is 5.91 Å². The van der Waals surface area contributed by atoms with Crippen LogP contribution in [0.1, 0.15) is 22.6 Å². The van der Waals surface area contributed by atoms with Crippen molar-refractivity contribution in [3.05, 3.63) is 29.6 Å². The highest BCUT2D eigenvalue weighted by atomic mass is 16.5. The van der Waals surface area contributed by atoms with E-state index in [4.69, 9.17) is 9.84 Å². The molecule has 1 aliphatic heterocycles. The highest BCUT2D eigenvalue weighted by Gasteiger charge is 2.18. The van der Waals surface area contributed by atoms with Crippen molar-refractivity contribution < 1.29 is 14.6 Å². The lowest BCUT2D eigenvalue weighted by molar-refractivity contribution is 0.0735. The van der Waals surface area contributed by atoms with E-state index >= 15 is 0 Å². The third-order valence-corrected chi connectivity index (χ3v) is 2.70. The monoisotopic (exact) mass is 236 g/mol. The van der Waals surface area contributed by atoms with Gasteiger partial charge < -0.3 is 14.7 Å². The maximum absolute atomic E-state index is 12.1. The van der Waals surface area contributed by atoms with Crippen molar-refractivity contribution in [2.75, 3.05) is 26.3 Å². The molecule has 1 N–H and O–H groups in total. The van der Waals surface area contributed by atoms with Gasteiger partial charge in [0.1, 0.15) is 5.69 Å². The summed E-state index contributed by atoms with van der Waals surface area (Å²) in [5.74, 6) is -0.0919. The summed E-state index contributed by atoms with van der Waals surface area (Å²) < 4.78 is 5.30. The number of nitrogens with zero attached hydrogens (tertiary/aromatic N) is 2. The third kappa shape index (κ3) is 3.01. The molecule has 0 saturated carbocycles. The van der Waals surface area contributed by atoms with Crippen molar-refractivity contribution in [2.24, 2.45) is 0 Å². The Morgan fingerprint density at radius 2 is 2.29 bits per heavy atom. The van der Waals surface area contributed by atoms with Crippen LogP contribution in [0.15, 0.2) is 18.2 Å².